The first kappa shape index (κ1) is 18.5. The number of amides is 1. The van der Waals surface area contributed by atoms with Gasteiger partial charge in [-0.3, -0.25) is 4.79 Å². The Kier molecular flexibility index (Phi) is 6.19. The van der Waals surface area contributed by atoms with Crippen LogP contribution in [0.25, 0.3) is 0 Å². The number of anilines is 1. The standard InChI is InChI=1S/C18H18F2N2O3/c1-11(15-8-5-13(19)9-16(15)20)21-10-17(23)22-14-6-3-12(4-7-14)18(24)25-2/h3-9,11,21H,10H2,1-2H3,(H,22,23)/p+1/t11-/m0/s1. The molecule has 0 aliphatic carbocycles. The summed E-state index contributed by atoms with van der Waals surface area (Å²) in [6.07, 6.45) is 0. The summed E-state index contributed by atoms with van der Waals surface area (Å²) in [7, 11) is 1.29. The van der Waals surface area contributed by atoms with Crippen molar-refractivity contribution in [2.45, 2.75) is 13.0 Å². The number of halogens is 2. The van der Waals surface area contributed by atoms with E-state index < -0.39 is 17.6 Å². The molecule has 7 heteroatoms. The molecule has 2 aromatic carbocycles. The van der Waals surface area contributed by atoms with Crippen molar-refractivity contribution >= 4 is 17.6 Å². The van der Waals surface area contributed by atoms with Gasteiger partial charge in [0.2, 0.25) is 0 Å². The minimum Gasteiger partial charge on any atom is -0.465 e. The second-order valence-electron chi connectivity index (χ2n) is 5.51. The lowest BCUT2D eigenvalue weighted by Gasteiger charge is -2.12. The fraction of sp³-hybridized carbons (Fsp3) is 0.222. The molecule has 0 saturated heterocycles. The van der Waals surface area contributed by atoms with Crippen molar-refractivity contribution in [3.05, 3.63) is 65.2 Å². The smallest absolute Gasteiger partial charge is 0.337 e. The average molecular weight is 349 g/mol. The van der Waals surface area contributed by atoms with Crippen LogP contribution >= 0.6 is 0 Å². The summed E-state index contributed by atoms with van der Waals surface area (Å²) in [4.78, 5) is 23.3. The number of carbonyl (C=O) groups excluding carboxylic acids is 2. The number of ether oxygens (including phenoxy) is 1. The maximum Gasteiger partial charge on any atom is 0.337 e. The molecule has 25 heavy (non-hydrogen) atoms. The molecule has 0 saturated carbocycles. The van der Waals surface area contributed by atoms with Gasteiger partial charge in [0.05, 0.1) is 12.7 Å². The quantitative estimate of drug-likeness (QED) is 0.784. The van der Waals surface area contributed by atoms with E-state index in [1.54, 1.807) is 36.5 Å². The maximum absolute atomic E-state index is 13.7. The van der Waals surface area contributed by atoms with E-state index in [2.05, 4.69) is 10.1 Å². The molecule has 2 rings (SSSR count). The second kappa shape index (κ2) is 8.34. The highest BCUT2D eigenvalue weighted by Gasteiger charge is 2.16. The lowest BCUT2D eigenvalue weighted by atomic mass is 10.1. The number of carbonyl (C=O) groups is 2. The van der Waals surface area contributed by atoms with Crippen molar-refractivity contribution in [1.29, 1.82) is 0 Å². The summed E-state index contributed by atoms with van der Waals surface area (Å²) in [5.41, 5.74) is 1.25. The Balaban J connectivity index is 1.88. The predicted molar refractivity (Wildman–Crippen MR) is 88.0 cm³/mol. The summed E-state index contributed by atoms with van der Waals surface area (Å²) in [5, 5.41) is 4.33. The molecule has 0 fully saturated rings. The summed E-state index contributed by atoms with van der Waals surface area (Å²) in [6, 6.07) is 9.31. The predicted octanol–water partition coefficient (Wildman–Crippen LogP) is 2.01. The molecule has 1 atom stereocenters. The number of rotatable bonds is 6. The van der Waals surface area contributed by atoms with Crippen molar-refractivity contribution in [3.63, 3.8) is 0 Å². The highest BCUT2D eigenvalue weighted by atomic mass is 19.1. The Labute approximate surface area is 144 Å². The largest absolute Gasteiger partial charge is 0.465 e. The highest BCUT2D eigenvalue weighted by Crippen LogP contribution is 2.14. The van der Waals surface area contributed by atoms with Gasteiger partial charge in [0.25, 0.3) is 5.91 Å². The summed E-state index contributed by atoms with van der Waals surface area (Å²) >= 11 is 0. The molecule has 0 bridgehead atoms. The third-order valence-electron chi connectivity index (χ3n) is 3.70. The van der Waals surface area contributed by atoms with E-state index in [1.165, 1.54) is 19.2 Å². The first-order valence-electron chi connectivity index (χ1n) is 7.67. The molecular weight excluding hydrogens is 330 g/mol. The number of esters is 1. The second-order valence-corrected chi connectivity index (χ2v) is 5.51. The van der Waals surface area contributed by atoms with Crippen LogP contribution in [0.3, 0.4) is 0 Å². The van der Waals surface area contributed by atoms with E-state index in [0.29, 0.717) is 16.8 Å². The van der Waals surface area contributed by atoms with E-state index in [0.717, 1.165) is 6.07 Å². The van der Waals surface area contributed by atoms with Crippen molar-refractivity contribution in [2.24, 2.45) is 0 Å². The number of hydrogen-bond donors (Lipinski definition) is 2. The molecule has 3 N–H and O–H groups in total. The van der Waals surface area contributed by atoms with E-state index in [1.807, 2.05) is 0 Å². The minimum atomic E-state index is -0.637. The number of hydrogen-bond acceptors (Lipinski definition) is 3. The van der Waals surface area contributed by atoms with Gasteiger partial charge in [-0.2, -0.15) is 0 Å². The lowest BCUT2D eigenvalue weighted by molar-refractivity contribution is -0.682. The Morgan fingerprint density at radius 2 is 1.84 bits per heavy atom. The van der Waals surface area contributed by atoms with Gasteiger partial charge in [-0.05, 0) is 43.3 Å². The first-order valence-corrected chi connectivity index (χ1v) is 7.67. The Morgan fingerprint density at radius 1 is 1.16 bits per heavy atom. The fourth-order valence-electron chi connectivity index (χ4n) is 2.30. The van der Waals surface area contributed by atoms with Gasteiger partial charge >= 0.3 is 5.97 Å². The number of nitrogens with one attached hydrogen (secondary N) is 1. The molecule has 0 aliphatic heterocycles. The van der Waals surface area contributed by atoms with Crippen molar-refractivity contribution < 1.29 is 28.4 Å². The number of benzene rings is 2. The third kappa shape index (κ3) is 5.09. The Hall–Kier alpha value is -2.80. The zero-order valence-electron chi connectivity index (χ0n) is 13.9. The van der Waals surface area contributed by atoms with Crippen molar-refractivity contribution in [2.75, 3.05) is 19.0 Å². The Morgan fingerprint density at radius 3 is 2.44 bits per heavy atom. The minimum absolute atomic E-state index is 0.0662. The molecule has 0 aliphatic rings. The van der Waals surface area contributed by atoms with Gasteiger partial charge in [0.15, 0.2) is 6.54 Å². The van der Waals surface area contributed by atoms with Crippen LogP contribution in [0, 0.1) is 11.6 Å². The van der Waals surface area contributed by atoms with Crippen molar-refractivity contribution in [3.8, 4) is 0 Å². The van der Waals surface area contributed by atoms with Crippen LogP contribution in [0.2, 0.25) is 0 Å². The van der Waals surface area contributed by atoms with E-state index in [4.69, 9.17) is 0 Å². The molecule has 5 nitrogen and oxygen atoms in total. The zero-order valence-corrected chi connectivity index (χ0v) is 13.9. The number of nitrogens with two attached hydrogens (primary N) is 1. The third-order valence-corrected chi connectivity index (χ3v) is 3.70. The van der Waals surface area contributed by atoms with Gasteiger partial charge in [-0.15, -0.1) is 0 Å². The lowest BCUT2D eigenvalue weighted by Crippen LogP contribution is -2.86. The summed E-state index contributed by atoms with van der Waals surface area (Å²) in [5.74, 6) is -2.01. The van der Waals surface area contributed by atoms with Gasteiger partial charge in [0.1, 0.15) is 17.7 Å². The van der Waals surface area contributed by atoms with E-state index in [9.17, 15) is 18.4 Å². The molecule has 0 heterocycles. The normalized spacial score (nSPS) is 11.7. The fourth-order valence-corrected chi connectivity index (χ4v) is 2.30. The van der Waals surface area contributed by atoms with Gasteiger partial charge in [-0.1, -0.05) is 0 Å². The monoisotopic (exact) mass is 349 g/mol. The molecular formula is C18H19F2N2O3+. The van der Waals surface area contributed by atoms with Gasteiger partial charge in [0, 0.05) is 17.3 Å². The molecule has 132 valence electrons. The van der Waals surface area contributed by atoms with Crippen LogP contribution in [-0.2, 0) is 9.53 Å². The van der Waals surface area contributed by atoms with Crippen LogP contribution in [0.4, 0.5) is 14.5 Å². The number of methoxy groups -OCH3 is 1. The molecule has 0 unspecified atom stereocenters. The number of quaternary nitrogens is 1. The molecule has 1 amide bonds. The Bertz CT molecular complexity index is 763. The van der Waals surface area contributed by atoms with Crippen LogP contribution in [0.15, 0.2) is 42.5 Å². The van der Waals surface area contributed by atoms with Crippen LogP contribution in [0.1, 0.15) is 28.9 Å². The van der Waals surface area contributed by atoms with E-state index in [-0.39, 0.29) is 18.5 Å². The first-order chi connectivity index (χ1) is 11.9. The van der Waals surface area contributed by atoms with Crippen LogP contribution in [0.5, 0.6) is 0 Å². The van der Waals surface area contributed by atoms with Gasteiger partial charge in [-0.25, -0.2) is 13.6 Å². The van der Waals surface area contributed by atoms with E-state index >= 15 is 0 Å². The topological polar surface area (TPSA) is 72.0 Å². The summed E-state index contributed by atoms with van der Waals surface area (Å²) in [6.45, 7) is 1.80. The van der Waals surface area contributed by atoms with Crippen LogP contribution in [-0.4, -0.2) is 25.5 Å². The SMILES string of the molecule is COC(=O)c1ccc(NC(=O)C[NH2+][C@@H](C)c2ccc(F)cc2F)cc1. The summed E-state index contributed by atoms with van der Waals surface area (Å²) < 4.78 is 31.2. The van der Waals surface area contributed by atoms with Crippen molar-refractivity contribution in [1.82, 2.24) is 0 Å². The van der Waals surface area contributed by atoms with Gasteiger partial charge < -0.3 is 15.4 Å². The van der Waals surface area contributed by atoms with Crippen LogP contribution < -0.4 is 10.6 Å². The maximum atomic E-state index is 13.7. The highest BCUT2D eigenvalue weighted by molar-refractivity contribution is 5.93. The molecule has 0 radical (unpaired) electrons. The molecule has 0 spiro atoms. The molecule has 0 aromatic heterocycles. The molecule has 2 aromatic rings. The average Bonchev–Trinajstić information content (AvgIpc) is 2.59. The zero-order chi connectivity index (χ0) is 18.4.